The molecule has 1 N–H and O–H groups in total. The van der Waals surface area contributed by atoms with Crippen molar-refractivity contribution in [2.24, 2.45) is 7.05 Å². The Labute approximate surface area is 117 Å². The van der Waals surface area contributed by atoms with Crippen LogP contribution in [-0.2, 0) is 13.5 Å². The molecule has 1 heterocycles. The van der Waals surface area contributed by atoms with Crippen molar-refractivity contribution in [1.29, 1.82) is 0 Å². The Kier molecular flexibility index (Phi) is 4.52. The number of hydrogen-bond acceptors (Lipinski definition) is 6. The number of nitrogens with zero attached hydrogens (tertiary/aromatic N) is 4. The van der Waals surface area contributed by atoms with Crippen molar-refractivity contribution in [2.45, 2.75) is 12.5 Å². The highest BCUT2D eigenvalue weighted by molar-refractivity contribution is 5.40. The van der Waals surface area contributed by atoms with Crippen molar-refractivity contribution in [3.05, 3.63) is 29.6 Å². The number of rotatable bonds is 6. The van der Waals surface area contributed by atoms with Crippen molar-refractivity contribution >= 4 is 0 Å². The zero-order chi connectivity index (χ0) is 14.5. The molecule has 0 fully saturated rings. The van der Waals surface area contributed by atoms with Gasteiger partial charge in [0.25, 0.3) is 0 Å². The van der Waals surface area contributed by atoms with E-state index in [2.05, 4.69) is 20.7 Å². The van der Waals surface area contributed by atoms with Gasteiger partial charge in [0, 0.05) is 18.5 Å². The molecule has 0 aliphatic carbocycles. The summed E-state index contributed by atoms with van der Waals surface area (Å²) in [4.78, 5) is 1.45. The van der Waals surface area contributed by atoms with Crippen molar-refractivity contribution in [1.82, 2.24) is 25.5 Å². The minimum atomic E-state index is 0.0585. The van der Waals surface area contributed by atoms with E-state index >= 15 is 0 Å². The molecule has 1 aromatic heterocycles. The monoisotopic (exact) mass is 277 g/mol. The summed E-state index contributed by atoms with van der Waals surface area (Å²) in [5.41, 5.74) is 1.05. The van der Waals surface area contributed by atoms with Crippen LogP contribution in [0, 0.1) is 0 Å². The lowest BCUT2D eigenvalue weighted by Gasteiger charge is -2.17. The molecule has 108 valence electrons. The predicted molar refractivity (Wildman–Crippen MR) is 73.8 cm³/mol. The smallest absolute Gasteiger partial charge is 0.176 e. The summed E-state index contributed by atoms with van der Waals surface area (Å²) < 4.78 is 10.6. The molecule has 0 amide bonds. The Bertz CT molecular complexity index is 547. The third kappa shape index (κ3) is 3.24. The van der Waals surface area contributed by atoms with E-state index in [1.165, 1.54) is 4.80 Å². The second kappa shape index (κ2) is 6.33. The van der Waals surface area contributed by atoms with Gasteiger partial charge in [-0.25, -0.2) is 0 Å². The maximum Gasteiger partial charge on any atom is 0.176 e. The molecular formula is C13H19N5O2. The SMILES string of the molecule is CNC(Cc1nnn(C)n1)c1cc(OC)cc(OC)c1. The number of benzene rings is 1. The van der Waals surface area contributed by atoms with Crippen molar-refractivity contribution in [3.63, 3.8) is 0 Å². The molecule has 0 radical (unpaired) electrons. The zero-order valence-corrected chi connectivity index (χ0v) is 12.1. The molecule has 20 heavy (non-hydrogen) atoms. The van der Waals surface area contributed by atoms with Gasteiger partial charge in [0.1, 0.15) is 11.5 Å². The molecule has 2 aromatic rings. The Balaban J connectivity index is 2.26. The lowest BCUT2D eigenvalue weighted by molar-refractivity contribution is 0.391. The molecule has 0 bridgehead atoms. The van der Waals surface area contributed by atoms with Gasteiger partial charge in [0.2, 0.25) is 0 Å². The average molecular weight is 277 g/mol. The highest BCUT2D eigenvalue weighted by atomic mass is 16.5. The fraction of sp³-hybridized carbons (Fsp3) is 0.462. The van der Waals surface area contributed by atoms with E-state index in [-0.39, 0.29) is 6.04 Å². The predicted octanol–water partition coefficient (Wildman–Crippen LogP) is 0.730. The molecule has 0 aliphatic heterocycles. The number of hydrogen-bond donors (Lipinski definition) is 1. The summed E-state index contributed by atoms with van der Waals surface area (Å²) in [5, 5.41) is 15.3. The van der Waals surface area contributed by atoms with Crippen LogP contribution in [0.5, 0.6) is 11.5 Å². The lowest BCUT2D eigenvalue weighted by Crippen LogP contribution is -2.19. The van der Waals surface area contributed by atoms with Gasteiger partial charge < -0.3 is 14.8 Å². The first-order valence-corrected chi connectivity index (χ1v) is 6.29. The minimum absolute atomic E-state index is 0.0585. The van der Waals surface area contributed by atoms with Crippen LogP contribution >= 0.6 is 0 Å². The van der Waals surface area contributed by atoms with E-state index in [9.17, 15) is 0 Å². The van der Waals surface area contributed by atoms with Crippen molar-refractivity contribution in [2.75, 3.05) is 21.3 Å². The van der Waals surface area contributed by atoms with Crippen LogP contribution < -0.4 is 14.8 Å². The first-order valence-electron chi connectivity index (χ1n) is 6.29. The van der Waals surface area contributed by atoms with Crippen LogP contribution in [0.4, 0.5) is 0 Å². The molecule has 1 atom stereocenters. The molecule has 2 rings (SSSR count). The first-order chi connectivity index (χ1) is 9.66. The quantitative estimate of drug-likeness (QED) is 0.839. The maximum absolute atomic E-state index is 5.29. The second-order valence-corrected chi connectivity index (χ2v) is 4.39. The Morgan fingerprint density at radius 1 is 1.20 bits per heavy atom. The molecule has 1 unspecified atom stereocenters. The van der Waals surface area contributed by atoms with Crippen LogP contribution in [0.2, 0.25) is 0 Å². The number of ether oxygens (including phenoxy) is 2. The molecule has 0 saturated heterocycles. The van der Waals surface area contributed by atoms with Gasteiger partial charge >= 0.3 is 0 Å². The number of likely N-dealkylation sites (N-methyl/N-ethyl adjacent to an activating group) is 1. The summed E-state index contributed by atoms with van der Waals surface area (Å²) in [7, 11) is 6.92. The lowest BCUT2D eigenvalue weighted by atomic mass is 10.0. The van der Waals surface area contributed by atoms with E-state index in [0.29, 0.717) is 12.2 Å². The molecule has 1 aromatic carbocycles. The number of aromatic nitrogens is 4. The summed E-state index contributed by atoms with van der Waals surface area (Å²) in [6, 6.07) is 5.85. The average Bonchev–Trinajstić information content (AvgIpc) is 2.89. The van der Waals surface area contributed by atoms with Crippen LogP contribution in [0.15, 0.2) is 18.2 Å². The van der Waals surface area contributed by atoms with Crippen LogP contribution in [0.1, 0.15) is 17.4 Å². The van der Waals surface area contributed by atoms with Crippen molar-refractivity contribution in [3.8, 4) is 11.5 Å². The van der Waals surface area contributed by atoms with Gasteiger partial charge in [-0.15, -0.1) is 10.2 Å². The topological polar surface area (TPSA) is 74.1 Å². The number of tetrazole rings is 1. The number of nitrogens with one attached hydrogen (secondary N) is 1. The van der Waals surface area contributed by atoms with Crippen LogP contribution in [0.3, 0.4) is 0 Å². The molecular weight excluding hydrogens is 258 g/mol. The fourth-order valence-corrected chi connectivity index (χ4v) is 2.00. The van der Waals surface area contributed by atoms with E-state index < -0.39 is 0 Å². The highest BCUT2D eigenvalue weighted by Crippen LogP contribution is 2.27. The van der Waals surface area contributed by atoms with E-state index in [4.69, 9.17) is 9.47 Å². The molecule has 0 saturated carbocycles. The minimum Gasteiger partial charge on any atom is -0.497 e. The normalized spacial score (nSPS) is 12.2. The van der Waals surface area contributed by atoms with Gasteiger partial charge in [-0.3, -0.25) is 0 Å². The van der Waals surface area contributed by atoms with E-state index in [1.54, 1.807) is 21.3 Å². The van der Waals surface area contributed by atoms with Gasteiger partial charge in [0.05, 0.1) is 21.3 Å². The van der Waals surface area contributed by atoms with Gasteiger partial charge in [0.15, 0.2) is 5.82 Å². The van der Waals surface area contributed by atoms with E-state index in [1.807, 2.05) is 25.2 Å². The number of methoxy groups -OCH3 is 2. The summed E-state index contributed by atoms with van der Waals surface area (Å²) in [5.74, 6) is 2.20. The van der Waals surface area contributed by atoms with Gasteiger partial charge in [-0.05, 0) is 30.0 Å². The first kappa shape index (κ1) is 14.3. The highest BCUT2D eigenvalue weighted by Gasteiger charge is 2.15. The standard InChI is InChI=1S/C13H19N5O2/c1-14-12(8-13-15-17-18(2)16-13)9-5-10(19-3)7-11(6-9)20-4/h5-7,12,14H,8H2,1-4H3. The number of aryl methyl sites for hydroxylation is 1. The van der Waals surface area contributed by atoms with E-state index in [0.717, 1.165) is 17.1 Å². The second-order valence-electron chi connectivity index (χ2n) is 4.39. The fourth-order valence-electron chi connectivity index (χ4n) is 2.00. The van der Waals surface area contributed by atoms with Crippen LogP contribution in [-0.4, -0.2) is 41.5 Å². The Morgan fingerprint density at radius 3 is 2.30 bits per heavy atom. The Morgan fingerprint density at radius 2 is 1.85 bits per heavy atom. The van der Waals surface area contributed by atoms with Gasteiger partial charge in [-0.1, -0.05) is 0 Å². The third-order valence-electron chi connectivity index (χ3n) is 3.06. The summed E-state index contributed by atoms with van der Waals surface area (Å²) in [6.07, 6.45) is 0.640. The van der Waals surface area contributed by atoms with Crippen LogP contribution in [0.25, 0.3) is 0 Å². The molecule has 0 spiro atoms. The molecule has 0 aliphatic rings. The molecule has 7 nitrogen and oxygen atoms in total. The largest absolute Gasteiger partial charge is 0.497 e. The van der Waals surface area contributed by atoms with Crippen molar-refractivity contribution < 1.29 is 9.47 Å². The summed E-state index contributed by atoms with van der Waals surface area (Å²) in [6.45, 7) is 0. The maximum atomic E-state index is 5.29. The van der Waals surface area contributed by atoms with Gasteiger partial charge in [-0.2, -0.15) is 4.80 Å². The third-order valence-corrected chi connectivity index (χ3v) is 3.06. The Hall–Kier alpha value is -2.15. The zero-order valence-electron chi connectivity index (χ0n) is 12.1. The molecule has 7 heteroatoms. The summed E-state index contributed by atoms with van der Waals surface area (Å²) >= 11 is 0.